The van der Waals surface area contributed by atoms with E-state index in [0.717, 1.165) is 0 Å². The predicted octanol–water partition coefficient (Wildman–Crippen LogP) is 5.00. The molecule has 0 spiro atoms. The lowest BCUT2D eigenvalue weighted by Gasteiger charge is -2.49. The topological polar surface area (TPSA) is 0 Å². The van der Waals surface area contributed by atoms with Crippen LogP contribution in [0, 0.1) is 0 Å². The molecule has 1 heteroatoms. The van der Waals surface area contributed by atoms with Gasteiger partial charge in [0.1, 0.15) is 0 Å². The van der Waals surface area contributed by atoms with Crippen molar-refractivity contribution in [2.24, 2.45) is 0 Å². The normalized spacial score (nSPS) is 13.1. The quantitative estimate of drug-likeness (QED) is 0.499. The molecule has 0 aromatic heterocycles. The fourth-order valence-electron chi connectivity index (χ4n) is 2.72. The minimum atomic E-state index is 0.402. The number of hydrogen-bond donors (Lipinski definition) is 0. The lowest BCUT2D eigenvalue weighted by Crippen LogP contribution is -2.61. The molecule has 0 aromatic rings. The second kappa shape index (κ2) is 8.13. The zero-order chi connectivity index (χ0) is 13.4. The van der Waals surface area contributed by atoms with Crippen molar-refractivity contribution in [3.63, 3.8) is 0 Å². The van der Waals surface area contributed by atoms with E-state index in [1.807, 2.05) is 0 Å². The Kier molecular flexibility index (Phi) is 8.11. The van der Waals surface area contributed by atoms with Crippen LogP contribution in [0.25, 0.3) is 0 Å². The van der Waals surface area contributed by atoms with Crippen LogP contribution in [0.2, 0.25) is 0 Å². The van der Waals surface area contributed by atoms with E-state index in [1.54, 1.807) is 0 Å². The predicted molar refractivity (Wildman–Crippen MR) is 79.3 cm³/mol. The third-order valence-corrected chi connectivity index (χ3v) is 4.24. The van der Waals surface area contributed by atoms with E-state index in [-0.39, 0.29) is 0 Å². The molecular formula is C16H36N+. The van der Waals surface area contributed by atoms with Gasteiger partial charge >= 0.3 is 0 Å². The molecule has 0 unspecified atom stereocenters. The first-order valence-electron chi connectivity index (χ1n) is 7.79. The van der Waals surface area contributed by atoms with E-state index in [0.29, 0.717) is 5.54 Å². The summed E-state index contributed by atoms with van der Waals surface area (Å²) in [5, 5.41) is 0. The molecule has 0 amide bonds. The summed E-state index contributed by atoms with van der Waals surface area (Å²) in [6.07, 6.45) is 8.12. The first kappa shape index (κ1) is 17.0. The molecule has 0 radical (unpaired) electrons. The Morgan fingerprint density at radius 3 is 1.12 bits per heavy atom. The first-order valence-corrected chi connectivity index (χ1v) is 7.79. The fourth-order valence-corrected chi connectivity index (χ4v) is 2.72. The molecule has 1 nitrogen and oxygen atoms in total. The Morgan fingerprint density at radius 1 is 0.647 bits per heavy atom. The van der Waals surface area contributed by atoms with E-state index in [9.17, 15) is 0 Å². The SMILES string of the molecule is CCCC[N+](CCCC)(CCCC)C(C)(C)C. The monoisotopic (exact) mass is 242 g/mol. The summed E-state index contributed by atoms with van der Waals surface area (Å²) in [7, 11) is 0. The van der Waals surface area contributed by atoms with Crippen molar-refractivity contribution in [3.05, 3.63) is 0 Å². The molecule has 0 heterocycles. The lowest BCUT2D eigenvalue weighted by atomic mass is 9.97. The molecule has 0 aliphatic carbocycles. The fraction of sp³-hybridized carbons (Fsp3) is 1.00. The maximum atomic E-state index is 2.44. The highest BCUT2D eigenvalue weighted by atomic mass is 15.4. The van der Waals surface area contributed by atoms with Crippen molar-refractivity contribution in [3.8, 4) is 0 Å². The van der Waals surface area contributed by atoms with Crippen molar-refractivity contribution in [1.29, 1.82) is 0 Å². The number of rotatable bonds is 9. The highest BCUT2D eigenvalue weighted by Crippen LogP contribution is 2.27. The van der Waals surface area contributed by atoms with Crippen LogP contribution in [0.1, 0.15) is 80.1 Å². The second-order valence-electron chi connectivity index (χ2n) is 6.55. The summed E-state index contributed by atoms with van der Waals surface area (Å²) in [5.41, 5.74) is 0.402. The van der Waals surface area contributed by atoms with Crippen LogP contribution >= 0.6 is 0 Å². The van der Waals surface area contributed by atoms with E-state index in [1.165, 1.54) is 62.6 Å². The summed E-state index contributed by atoms with van der Waals surface area (Å²) in [5.74, 6) is 0. The Labute approximate surface area is 110 Å². The summed E-state index contributed by atoms with van der Waals surface area (Å²) in [4.78, 5) is 0. The first-order chi connectivity index (χ1) is 7.93. The summed E-state index contributed by atoms with van der Waals surface area (Å²) in [6, 6.07) is 0. The van der Waals surface area contributed by atoms with Crippen LogP contribution < -0.4 is 0 Å². The van der Waals surface area contributed by atoms with Crippen molar-refractivity contribution in [1.82, 2.24) is 0 Å². The highest BCUT2D eigenvalue weighted by Gasteiger charge is 2.38. The minimum Gasteiger partial charge on any atom is -0.319 e. The number of hydrogen-bond acceptors (Lipinski definition) is 0. The number of unbranched alkanes of at least 4 members (excludes halogenated alkanes) is 3. The minimum absolute atomic E-state index is 0.402. The second-order valence-corrected chi connectivity index (χ2v) is 6.55. The number of nitrogens with zero attached hydrogens (tertiary/aromatic N) is 1. The molecule has 0 rings (SSSR count). The zero-order valence-electron chi connectivity index (χ0n) is 13.3. The van der Waals surface area contributed by atoms with Gasteiger partial charge in [-0.05, 0) is 40.0 Å². The van der Waals surface area contributed by atoms with Gasteiger partial charge in [-0.3, -0.25) is 0 Å². The van der Waals surface area contributed by atoms with Crippen molar-refractivity contribution < 1.29 is 4.48 Å². The molecule has 17 heavy (non-hydrogen) atoms. The summed E-state index contributed by atoms with van der Waals surface area (Å²) >= 11 is 0. The van der Waals surface area contributed by atoms with Crippen molar-refractivity contribution >= 4 is 0 Å². The standard InChI is InChI=1S/C16H36N/c1-7-10-13-17(14-11-8-2,15-12-9-3)16(4,5)6/h7-15H2,1-6H3/q+1. The van der Waals surface area contributed by atoms with E-state index in [2.05, 4.69) is 41.5 Å². The van der Waals surface area contributed by atoms with Crippen molar-refractivity contribution in [2.45, 2.75) is 85.6 Å². The molecule has 0 atom stereocenters. The Hall–Kier alpha value is -0.0400. The van der Waals surface area contributed by atoms with Gasteiger partial charge in [-0.15, -0.1) is 0 Å². The molecule has 104 valence electrons. The van der Waals surface area contributed by atoms with Gasteiger partial charge in [-0.25, -0.2) is 0 Å². The maximum Gasteiger partial charge on any atom is 0.0907 e. The largest absolute Gasteiger partial charge is 0.319 e. The third kappa shape index (κ3) is 5.42. The number of quaternary nitrogens is 1. The molecule has 0 aromatic carbocycles. The maximum absolute atomic E-state index is 2.44. The average molecular weight is 242 g/mol. The molecule has 0 aliphatic rings. The van der Waals surface area contributed by atoms with E-state index in [4.69, 9.17) is 0 Å². The zero-order valence-corrected chi connectivity index (χ0v) is 13.3. The Morgan fingerprint density at radius 2 is 0.941 bits per heavy atom. The Bertz CT molecular complexity index is 157. The van der Waals surface area contributed by atoms with Crippen LogP contribution in [0.3, 0.4) is 0 Å². The molecular weight excluding hydrogens is 206 g/mol. The van der Waals surface area contributed by atoms with Crippen LogP contribution in [0.15, 0.2) is 0 Å². The van der Waals surface area contributed by atoms with E-state index < -0.39 is 0 Å². The molecule has 0 N–H and O–H groups in total. The van der Waals surface area contributed by atoms with Gasteiger partial charge in [0.15, 0.2) is 0 Å². The Balaban J connectivity index is 4.78. The average Bonchev–Trinajstić information content (AvgIpc) is 2.27. The van der Waals surface area contributed by atoms with Gasteiger partial charge in [-0.1, -0.05) is 40.0 Å². The molecule has 0 aliphatic heterocycles. The van der Waals surface area contributed by atoms with Crippen LogP contribution in [0.5, 0.6) is 0 Å². The van der Waals surface area contributed by atoms with Gasteiger partial charge in [0.25, 0.3) is 0 Å². The summed E-state index contributed by atoms with van der Waals surface area (Å²) in [6.45, 7) is 18.4. The van der Waals surface area contributed by atoms with Gasteiger partial charge in [0.2, 0.25) is 0 Å². The van der Waals surface area contributed by atoms with Gasteiger partial charge < -0.3 is 4.48 Å². The molecule has 0 fully saturated rings. The van der Waals surface area contributed by atoms with Crippen LogP contribution in [-0.4, -0.2) is 29.7 Å². The highest BCUT2D eigenvalue weighted by molar-refractivity contribution is 4.65. The molecule has 0 saturated carbocycles. The van der Waals surface area contributed by atoms with Crippen LogP contribution in [0.4, 0.5) is 0 Å². The van der Waals surface area contributed by atoms with Gasteiger partial charge in [-0.2, -0.15) is 0 Å². The van der Waals surface area contributed by atoms with Crippen molar-refractivity contribution in [2.75, 3.05) is 19.6 Å². The lowest BCUT2D eigenvalue weighted by molar-refractivity contribution is -0.971. The van der Waals surface area contributed by atoms with Crippen LogP contribution in [-0.2, 0) is 0 Å². The van der Waals surface area contributed by atoms with Gasteiger partial charge in [0, 0.05) is 0 Å². The molecule has 0 bridgehead atoms. The van der Waals surface area contributed by atoms with E-state index >= 15 is 0 Å². The third-order valence-electron chi connectivity index (χ3n) is 4.24. The smallest absolute Gasteiger partial charge is 0.0907 e. The van der Waals surface area contributed by atoms with Gasteiger partial charge in [0.05, 0.1) is 25.2 Å². The molecule has 0 saturated heterocycles. The summed E-state index contributed by atoms with van der Waals surface area (Å²) < 4.78 is 1.34.